The number of hydrogen-bond acceptors (Lipinski definition) is 4. The van der Waals surface area contributed by atoms with Gasteiger partial charge in [0.1, 0.15) is 5.82 Å². The minimum atomic E-state index is 0.0118. The van der Waals surface area contributed by atoms with Crippen molar-refractivity contribution in [3.8, 4) is 11.3 Å². The number of nitrogens with one attached hydrogen (secondary N) is 1. The molecule has 1 aliphatic rings. The number of amides is 1. The minimum Gasteiger partial charge on any atom is -0.356 e. The van der Waals surface area contributed by atoms with Crippen molar-refractivity contribution in [3.05, 3.63) is 77.0 Å². The number of nitrogens with zero attached hydrogens (tertiary/aromatic N) is 4. The number of carbonyl (C=O) groups excluding carboxylic acids is 1. The highest BCUT2D eigenvalue weighted by molar-refractivity contribution is 5.93. The monoisotopic (exact) mass is 453 g/mol. The highest BCUT2D eigenvalue weighted by Gasteiger charge is 2.27. The number of benzene rings is 2. The zero-order valence-corrected chi connectivity index (χ0v) is 20.3. The molecule has 2 aromatic carbocycles. The van der Waals surface area contributed by atoms with Gasteiger partial charge in [-0.1, -0.05) is 35.4 Å². The van der Waals surface area contributed by atoms with Crippen LogP contribution in [-0.2, 0) is 4.79 Å². The van der Waals surface area contributed by atoms with E-state index in [9.17, 15) is 4.79 Å². The van der Waals surface area contributed by atoms with Crippen molar-refractivity contribution in [1.29, 1.82) is 0 Å². The van der Waals surface area contributed by atoms with Gasteiger partial charge in [0.25, 0.3) is 0 Å². The van der Waals surface area contributed by atoms with Crippen molar-refractivity contribution in [2.75, 3.05) is 23.3 Å². The molecule has 0 spiro atoms. The van der Waals surface area contributed by atoms with Gasteiger partial charge in [0.2, 0.25) is 5.91 Å². The van der Waals surface area contributed by atoms with E-state index in [0.29, 0.717) is 0 Å². The molecule has 3 heterocycles. The van der Waals surface area contributed by atoms with Crippen LogP contribution in [0.15, 0.2) is 54.6 Å². The quantitative estimate of drug-likeness (QED) is 0.444. The van der Waals surface area contributed by atoms with E-state index in [0.717, 1.165) is 65.6 Å². The maximum Gasteiger partial charge on any atom is 0.227 e. The van der Waals surface area contributed by atoms with Crippen LogP contribution in [0.5, 0.6) is 0 Å². The van der Waals surface area contributed by atoms with Crippen molar-refractivity contribution in [2.24, 2.45) is 5.92 Å². The smallest absolute Gasteiger partial charge is 0.227 e. The Morgan fingerprint density at radius 3 is 2.35 bits per heavy atom. The van der Waals surface area contributed by atoms with E-state index >= 15 is 0 Å². The Morgan fingerprint density at radius 2 is 1.65 bits per heavy atom. The van der Waals surface area contributed by atoms with E-state index in [-0.39, 0.29) is 11.8 Å². The Bertz CT molecular complexity index is 1340. The van der Waals surface area contributed by atoms with Gasteiger partial charge in [0.05, 0.1) is 5.69 Å². The summed E-state index contributed by atoms with van der Waals surface area (Å²) in [5.41, 5.74) is 8.29. The van der Waals surface area contributed by atoms with Gasteiger partial charge in [0.15, 0.2) is 5.65 Å². The van der Waals surface area contributed by atoms with E-state index < -0.39 is 0 Å². The largest absolute Gasteiger partial charge is 0.356 e. The second-order valence-electron chi connectivity index (χ2n) is 9.50. The molecular formula is C28H31N5O. The van der Waals surface area contributed by atoms with Crippen LogP contribution in [0.4, 0.5) is 11.5 Å². The molecular weight excluding hydrogens is 422 g/mol. The van der Waals surface area contributed by atoms with Gasteiger partial charge in [-0.15, -0.1) is 0 Å². The van der Waals surface area contributed by atoms with Crippen molar-refractivity contribution in [1.82, 2.24) is 14.6 Å². The number of aromatic nitrogens is 3. The normalized spacial score (nSPS) is 14.5. The second kappa shape index (κ2) is 8.93. The van der Waals surface area contributed by atoms with Crippen LogP contribution in [0.25, 0.3) is 16.9 Å². The highest BCUT2D eigenvalue weighted by atomic mass is 16.1. The molecule has 6 nitrogen and oxygen atoms in total. The van der Waals surface area contributed by atoms with Crippen LogP contribution in [-0.4, -0.2) is 33.6 Å². The average molecular weight is 454 g/mol. The molecule has 2 aromatic heterocycles. The van der Waals surface area contributed by atoms with Crippen LogP contribution in [0, 0.1) is 33.6 Å². The fourth-order valence-corrected chi connectivity index (χ4v) is 4.89. The Labute approximate surface area is 200 Å². The number of hydrogen-bond donors (Lipinski definition) is 1. The molecule has 1 aliphatic heterocycles. The average Bonchev–Trinajstić information content (AvgIpc) is 3.23. The Morgan fingerprint density at radius 1 is 0.941 bits per heavy atom. The fourth-order valence-electron chi connectivity index (χ4n) is 4.89. The number of rotatable bonds is 4. The predicted octanol–water partition coefficient (Wildman–Crippen LogP) is 5.49. The van der Waals surface area contributed by atoms with Crippen LogP contribution < -0.4 is 10.2 Å². The van der Waals surface area contributed by atoms with Gasteiger partial charge < -0.3 is 10.2 Å². The second-order valence-corrected chi connectivity index (χ2v) is 9.50. The van der Waals surface area contributed by atoms with Gasteiger partial charge >= 0.3 is 0 Å². The molecule has 174 valence electrons. The number of anilines is 2. The number of fused-ring (bicyclic) bond motifs is 1. The number of aryl methyl sites for hydroxylation is 4. The number of carbonyl (C=O) groups is 1. The summed E-state index contributed by atoms with van der Waals surface area (Å²) in [7, 11) is 0. The summed E-state index contributed by atoms with van der Waals surface area (Å²) in [6.45, 7) is 9.88. The van der Waals surface area contributed by atoms with Crippen molar-refractivity contribution in [3.63, 3.8) is 0 Å². The van der Waals surface area contributed by atoms with Crippen LogP contribution in [0.3, 0.4) is 0 Å². The first kappa shape index (κ1) is 22.1. The van der Waals surface area contributed by atoms with E-state index in [4.69, 9.17) is 10.1 Å². The molecule has 0 unspecified atom stereocenters. The third kappa shape index (κ3) is 4.40. The summed E-state index contributed by atoms with van der Waals surface area (Å²) in [6, 6.07) is 18.6. The lowest BCUT2D eigenvalue weighted by molar-refractivity contribution is -0.120. The summed E-state index contributed by atoms with van der Waals surface area (Å²) in [5.74, 6) is 1.16. The first-order valence-corrected chi connectivity index (χ1v) is 11.9. The molecule has 4 aromatic rings. The maximum atomic E-state index is 12.9. The van der Waals surface area contributed by atoms with Gasteiger partial charge in [-0.2, -0.15) is 9.61 Å². The zero-order valence-electron chi connectivity index (χ0n) is 20.3. The van der Waals surface area contributed by atoms with Gasteiger partial charge in [-0.3, -0.25) is 4.79 Å². The molecule has 5 rings (SSSR count). The van der Waals surface area contributed by atoms with E-state index in [1.54, 1.807) is 0 Å². The van der Waals surface area contributed by atoms with Crippen molar-refractivity contribution < 1.29 is 4.79 Å². The molecule has 0 saturated carbocycles. The van der Waals surface area contributed by atoms with Crippen LogP contribution in [0.2, 0.25) is 0 Å². The molecule has 1 N–H and O–H groups in total. The first-order chi connectivity index (χ1) is 16.4. The van der Waals surface area contributed by atoms with Crippen LogP contribution >= 0.6 is 0 Å². The third-order valence-electron chi connectivity index (χ3n) is 6.65. The highest BCUT2D eigenvalue weighted by Crippen LogP contribution is 2.28. The molecule has 34 heavy (non-hydrogen) atoms. The van der Waals surface area contributed by atoms with E-state index in [2.05, 4.69) is 54.4 Å². The topological polar surface area (TPSA) is 62.5 Å². The summed E-state index contributed by atoms with van der Waals surface area (Å²) in [5, 5.41) is 8.05. The Balaban J connectivity index is 1.36. The molecule has 1 amide bonds. The molecule has 1 saturated heterocycles. The summed E-state index contributed by atoms with van der Waals surface area (Å²) >= 11 is 0. The van der Waals surface area contributed by atoms with Gasteiger partial charge in [-0.05, 0) is 64.3 Å². The summed E-state index contributed by atoms with van der Waals surface area (Å²) < 4.78 is 1.95. The lowest BCUT2D eigenvalue weighted by atomic mass is 9.95. The lowest BCUT2D eigenvalue weighted by Crippen LogP contribution is -2.39. The molecule has 0 bridgehead atoms. The van der Waals surface area contributed by atoms with E-state index in [1.807, 2.05) is 42.6 Å². The standard InChI is InChI=1S/C28H31N5O/c1-18-13-19(2)15-23(14-18)25-17-26-29-21(4)16-27(33(26)31-25)32-11-9-22(10-12-32)28(34)30-24-8-6-5-7-20(24)3/h5-8,13-17,22H,9-12H2,1-4H3,(H,30,34). The molecule has 0 atom stereocenters. The number of piperidine rings is 1. The molecule has 0 aliphatic carbocycles. The molecule has 6 heteroatoms. The SMILES string of the molecule is Cc1cc(C)cc(-c2cc3nc(C)cc(N4CCC(C(=O)Nc5ccccc5C)CC4)n3n2)c1. The summed E-state index contributed by atoms with van der Waals surface area (Å²) in [6.07, 6.45) is 1.62. The predicted molar refractivity (Wildman–Crippen MR) is 137 cm³/mol. The third-order valence-corrected chi connectivity index (χ3v) is 6.65. The van der Waals surface area contributed by atoms with Crippen molar-refractivity contribution in [2.45, 2.75) is 40.5 Å². The Kier molecular flexibility index (Phi) is 5.82. The van der Waals surface area contributed by atoms with Gasteiger partial charge in [0, 0.05) is 48.1 Å². The van der Waals surface area contributed by atoms with Crippen molar-refractivity contribution >= 4 is 23.1 Å². The lowest BCUT2D eigenvalue weighted by Gasteiger charge is -2.33. The van der Waals surface area contributed by atoms with Gasteiger partial charge in [-0.25, -0.2) is 4.98 Å². The van der Waals surface area contributed by atoms with Crippen LogP contribution in [0.1, 0.15) is 35.2 Å². The first-order valence-electron chi connectivity index (χ1n) is 11.9. The zero-order chi connectivity index (χ0) is 23.8. The molecule has 1 fully saturated rings. The fraction of sp³-hybridized carbons (Fsp3) is 0.321. The summed E-state index contributed by atoms with van der Waals surface area (Å²) in [4.78, 5) is 19.9. The minimum absolute atomic E-state index is 0.0118. The number of para-hydroxylation sites is 1. The maximum absolute atomic E-state index is 12.9. The molecule has 0 radical (unpaired) electrons. The Hall–Kier alpha value is -3.67. The van der Waals surface area contributed by atoms with E-state index in [1.165, 1.54) is 11.1 Å².